The van der Waals surface area contributed by atoms with Gasteiger partial charge in [-0.2, -0.15) is 5.26 Å². The van der Waals surface area contributed by atoms with Crippen LogP contribution in [0.4, 0.5) is 0 Å². The molecule has 0 aliphatic rings. The highest BCUT2D eigenvalue weighted by molar-refractivity contribution is 5.45. The van der Waals surface area contributed by atoms with Gasteiger partial charge in [-0.05, 0) is 38.8 Å². The van der Waals surface area contributed by atoms with Gasteiger partial charge in [0.05, 0.1) is 0 Å². The summed E-state index contributed by atoms with van der Waals surface area (Å²) in [5.74, 6) is 0.384. The van der Waals surface area contributed by atoms with E-state index >= 15 is 0 Å². The first-order valence-electron chi connectivity index (χ1n) is 5.69. The maximum Gasteiger partial charge on any atom is 0.232 e. The lowest BCUT2D eigenvalue weighted by Crippen LogP contribution is -2.41. The molecule has 1 aromatic rings. The standard InChI is InChI=1S/C13H19N3O/c1-5-13(4,15)8-17-12-11(7-14)9(2)6-10(3)16-12/h6H,5,8,15H2,1-4H3. The molecule has 92 valence electrons. The lowest BCUT2D eigenvalue weighted by molar-refractivity contribution is 0.217. The summed E-state index contributed by atoms with van der Waals surface area (Å²) in [4.78, 5) is 4.24. The summed E-state index contributed by atoms with van der Waals surface area (Å²) in [7, 11) is 0. The minimum Gasteiger partial charge on any atom is -0.475 e. The fraction of sp³-hybridized carbons (Fsp3) is 0.538. The topological polar surface area (TPSA) is 71.9 Å². The number of hydrogen-bond donors (Lipinski definition) is 1. The highest BCUT2D eigenvalue weighted by Gasteiger charge is 2.18. The van der Waals surface area contributed by atoms with Crippen LogP contribution in [0.2, 0.25) is 0 Å². The molecule has 17 heavy (non-hydrogen) atoms. The quantitative estimate of drug-likeness (QED) is 0.864. The number of nitriles is 1. The van der Waals surface area contributed by atoms with E-state index in [-0.39, 0.29) is 0 Å². The zero-order chi connectivity index (χ0) is 13.1. The molecule has 1 heterocycles. The number of rotatable bonds is 4. The van der Waals surface area contributed by atoms with Crippen LogP contribution in [-0.4, -0.2) is 17.1 Å². The summed E-state index contributed by atoms with van der Waals surface area (Å²) in [6.07, 6.45) is 0.805. The smallest absolute Gasteiger partial charge is 0.232 e. The monoisotopic (exact) mass is 233 g/mol. The largest absolute Gasteiger partial charge is 0.475 e. The maximum absolute atomic E-state index is 9.08. The summed E-state index contributed by atoms with van der Waals surface area (Å²) in [6.45, 7) is 8.03. The Morgan fingerprint density at radius 1 is 1.53 bits per heavy atom. The summed E-state index contributed by atoms with van der Waals surface area (Å²) in [6, 6.07) is 3.98. The Kier molecular flexibility index (Phi) is 4.08. The molecule has 1 atom stereocenters. The number of aryl methyl sites for hydroxylation is 2. The summed E-state index contributed by atoms with van der Waals surface area (Å²) < 4.78 is 5.59. The van der Waals surface area contributed by atoms with Gasteiger partial charge >= 0.3 is 0 Å². The molecule has 0 bridgehead atoms. The van der Waals surface area contributed by atoms with Crippen LogP contribution < -0.4 is 10.5 Å². The van der Waals surface area contributed by atoms with Crippen molar-refractivity contribution in [2.24, 2.45) is 5.73 Å². The Morgan fingerprint density at radius 3 is 2.71 bits per heavy atom. The molecule has 1 rings (SSSR count). The van der Waals surface area contributed by atoms with Gasteiger partial charge in [-0.25, -0.2) is 4.98 Å². The molecule has 0 saturated carbocycles. The fourth-order valence-electron chi connectivity index (χ4n) is 1.38. The zero-order valence-electron chi connectivity index (χ0n) is 10.9. The lowest BCUT2D eigenvalue weighted by Gasteiger charge is -2.22. The van der Waals surface area contributed by atoms with Gasteiger partial charge < -0.3 is 10.5 Å². The Hall–Kier alpha value is -1.60. The van der Waals surface area contributed by atoms with Crippen molar-refractivity contribution in [2.75, 3.05) is 6.61 Å². The van der Waals surface area contributed by atoms with E-state index in [1.165, 1.54) is 0 Å². The van der Waals surface area contributed by atoms with Gasteiger partial charge in [-0.3, -0.25) is 0 Å². The second-order valence-corrected chi connectivity index (χ2v) is 4.67. The Balaban J connectivity index is 2.95. The number of nitrogens with two attached hydrogens (primary N) is 1. The number of pyridine rings is 1. The van der Waals surface area contributed by atoms with Crippen molar-refractivity contribution in [1.29, 1.82) is 5.26 Å². The van der Waals surface area contributed by atoms with Gasteiger partial charge in [-0.15, -0.1) is 0 Å². The van der Waals surface area contributed by atoms with Crippen LogP contribution in [-0.2, 0) is 0 Å². The first-order valence-corrected chi connectivity index (χ1v) is 5.69. The molecule has 0 amide bonds. The van der Waals surface area contributed by atoms with Crippen molar-refractivity contribution >= 4 is 0 Å². The van der Waals surface area contributed by atoms with Gasteiger partial charge in [0.25, 0.3) is 0 Å². The van der Waals surface area contributed by atoms with E-state index in [0.29, 0.717) is 18.1 Å². The average Bonchev–Trinajstić information content (AvgIpc) is 2.26. The second kappa shape index (κ2) is 5.15. The normalized spacial score (nSPS) is 13.9. The van der Waals surface area contributed by atoms with Crippen molar-refractivity contribution in [2.45, 2.75) is 39.7 Å². The fourth-order valence-corrected chi connectivity index (χ4v) is 1.38. The molecule has 0 saturated heterocycles. The van der Waals surface area contributed by atoms with Crippen molar-refractivity contribution in [1.82, 2.24) is 4.98 Å². The van der Waals surface area contributed by atoms with Crippen LogP contribution in [0.1, 0.15) is 37.1 Å². The van der Waals surface area contributed by atoms with Crippen molar-refractivity contribution in [3.8, 4) is 11.9 Å². The van der Waals surface area contributed by atoms with E-state index in [4.69, 9.17) is 15.7 Å². The minimum atomic E-state index is -0.397. The molecule has 0 radical (unpaired) electrons. The highest BCUT2D eigenvalue weighted by Crippen LogP contribution is 2.21. The molecule has 1 aromatic heterocycles. The van der Waals surface area contributed by atoms with E-state index in [1.807, 2.05) is 33.8 Å². The zero-order valence-corrected chi connectivity index (χ0v) is 10.9. The van der Waals surface area contributed by atoms with Gasteiger partial charge in [0.2, 0.25) is 5.88 Å². The molecule has 0 fully saturated rings. The molecule has 2 N–H and O–H groups in total. The van der Waals surface area contributed by atoms with Crippen LogP contribution in [0.3, 0.4) is 0 Å². The number of aromatic nitrogens is 1. The highest BCUT2D eigenvalue weighted by atomic mass is 16.5. The third kappa shape index (κ3) is 3.43. The third-order valence-corrected chi connectivity index (χ3v) is 2.77. The molecular formula is C13H19N3O. The van der Waals surface area contributed by atoms with Gasteiger partial charge in [0.1, 0.15) is 18.2 Å². The van der Waals surface area contributed by atoms with Crippen molar-refractivity contribution < 1.29 is 4.74 Å². The number of hydrogen-bond acceptors (Lipinski definition) is 4. The summed E-state index contributed by atoms with van der Waals surface area (Å²) in [5, 5.41) is 9.08. The Morgan fingerprint density at radius 2 is 2.18 bits per heavy atom. The van der Waals surface area contributed by atoms with E-state index in [2.05, 4.69) is 11.1 Å². The molecule has 0 aromatic carbocycles. The molecule has 0 aliphatic heterocycles. The summed E-state index contributed by atoms with van der Waals surface area (Å²) >= 11 is 0. The molecule has 1 unspecified atom stereocenters. The third-order valence-electron chi connectivity index (χ3n) is 2.77. The van der Waals surface area contributed by atoms with Gasteiger partial charge in [-0.1, -0.05) is 6.92 Å². The van der Waals surface area contributed by atoms with E-state index in [1.54, 1.807) is 0 Å². The number of ether oxygens (including phenoxy) is 1. The summed E-state index contributed by atoms with van der Waals surface area (Å²) in [5.41, 5.74) is 7.81. The van der Waals surface area contributed by atoms with Crippen LogP contribution in [0.15, 0.2) is 6.07 Å². The predicted octanol–water partition coefficient (Wildman–Crippen LogP) is 2.08. The van der Waals surface area contributed by atoms with Crippen molar-refractivity contribution in [3.63, 3.8) is 0 Å². The van der Waals surface area contributed by atoms with Crippen LogP contribution in [0.25, 0.3) is 0 Å². The minimum absolute atomic E-state index is 0.355. The van der Waals surface area contributed by atoms with Crippen LogP contribution in [0, 0.1) is 25.2 Å². The predicted molar refractivity (Wildman–Crippen MR) is 66.8 cm³/mol. The molecular weight excluding hydrogens is 214 g/mol. The number of nitrogens with zero attached hydrogens (tertiary/aromatic N) is 2. The van der Waals surface area contributed by atoms with E-state index < -0.39 is 5.54 Å². The average molecular weight is 233 g/mol. The lowest BCUT2D eigenvalue weighted by atomic mass is 10.0. The van der Waals surface area contributed by atoms with Gasteiger partial charge in [0.15, 0.2) is 0 Å². The molecule has 0 aliphatic carbocycles. The first-order chi connectivity index (χ1) is 7.89. The van der Waals surface area contributed by atoms with Gasteiger partial charge in [0, 0.05) is 11.2 Å². The first kappa shape index (κ1) is 13.5. The van der Waals surface area contributed by atoms with Crippen LogP contribution in [0.5, 0.6) is 5.88 Å². The SMILES string of the molecule is CCC(C)(N)COc1nc(C)cc(C)c1C#N. The maximum atomic E-state index is 9.08. The van der Waals surface area contributed by atoms with Crippen molar-refractivity contribution in [3.05, 3.63) is 22.9 Å². The Labute approximate surface area is 102 Å². The molecule has 4 heteroatoms. The van der Waals surface area contributed by atoms with E-state index in [9.17, 15) is 0 Å². The molecule has 0 spiro atoms. The van der Waals surface area contributed by atoms with Crippen LogP contribution >= 0.6 is 0 Å². The Bertz CT molecular complexity index is 447. The van der Waals surface area contributed by atoms with E-state index in [0.717, 1.165) is 17.7 Å². The second-order valence-electron chi connectivity index (χ2n) is 4.67. The molecule has 4 nitrogen and oxygen atoms in total.